The van der Waals surface area contributed by atoms with Gasteiger partial charge in [0.15, 0.2) is 57.9 Å². The summed E-state index contributed by atoms with van der Waals surface area (Å²) in [5, 5.41) is 19.8. The molecule has 8 N–H and O–H groups in total. The number of fused-ring (bicyclic) bond motifs is 4. The summed E-state index contributed by atoms with van der Waals surface area (Å²) in [4.78, 5) is 94.9. The minimum Gasteiger partial charge on any atom is -0.454 e. The van der Waals surface area contributed by atoms with Crippen LogP contribution in [0.1, 0.15) is 66.9 Å². The fourth-order valence-electron chi connectivity index (χ4n) is 16.0. The van der Waals surface area contributed by atoms with Crippen molar-refractivity contribution in [2.24, 2.45) is 0 Å². The van der Waals surface area contributed by atoms with E-state index in [0.29, 0.717) is 111 Å². The number of nitrogens with one attached hydrogen (secondary N) is 8. The molecule has 4 fully saturated rings. The Bertz CT molecular complexity index is 7440. The van der Waals surface area contributed by atoms with Gasteiger partial charge in [0.05, 0.1) is 110 Å². The molecule has 748 valence electrons. The number of hydrogen-bond acceptors (Lipinski definition) is 21. The summed E-state index contributed by atoms with van der Waals surface area (Å²) in [5.74, 6) is -5.97. The van der Waals surface area contributed by atoms with Crippen molar-refractivity contribution in [1.29, 1.82) is 0 Å². The van der Waals surface area contributed by atoms with Crippen LogP contribution in [0.4, 0.5) is 117 Å². The lowest BCUT2D eigenvalue weighted by Gasteiger charge is -2.26. The number of urea groups is 4. The Kier molecular flexibility index (Phi) is 32.4. The number of morpholine rings is 1. The first-order valence-electron chi connectivity index (χ1n) is 46.1. The highest BCUT2D eigenvalue weighted by atomic mass is 19.4. The Morgan fingerprint density at radius 2 is 0.555 bits per heavy atom. The topological polar surface area (TPSA) is 327 Å². The molecule has 0 bridgehead atoms. The highest BCUT2D eigenvalue weighted by Gasteiger charge is 2.35. The molecule has 41 heteroatoms. The van der Waals surface area contributed by atoms with E-state index in [1.165, 1.54) is 148 Å². The minimum atomic E-state index is -4.93. The van der Waals surface area contributed by atoms with Gasteiger partial charge < -0.3 is 66.2 Å². The summed E-state index contributed by atoms with van der Waals surface area (Å²) in [6.07, 6.45) is 9.28. The number of aromatic nitrogens is 8. The third-order valence-electron chi connectivity index (χ3n) is 23.1. The Balaban J connectivity index is 0.000000133. The molecule has 20 rings (SSSR count). The van der Waals surface area contributed by atoms with E-state index >= 15 is 0 Å². The summed E-state index contributed by atoms with van der Waals surface area (Å²) in [6.45, 7) is 12.1. The number of halogens is 12. The molecule has 0 unspecified atom stereocenters. The maximum absolute atomic E-state index is 14.5. The summed E-state index contributed by atoms with van der Waals surface area (Å²) >= 11 is 0. The number of hydrogen-bond donors (Lipinski definition) is 8. The van der Waals surface area contributed by atoms with Crippen molar-refractivity contribution in [3.05, 3.63) is 336 Å². The zero-order valence-corrected chi connectivity index (χ0v) is 77.5. The zero-order valence-electron chi connectivity index (χ0n) is 77.5. The zero-order chi connectivity index (χ0) is 102. The molecule has 4 aliphatic rings. The third kappa shape index (κ3) is 28.2. The molecule has 29 nitrogen and oxygen atoms in total. The number of anilines is 8. The van der Waals surface area contributed by atoms with Crippen molar-refractivity contribution >= 4 is 114 Å². The molecule has 0 aliphatic carbocycles. The van der Waals surface area contributed by atoms with Gasteiger partial charge in [0.2, 0.25) is 0 Å². The van der Waals surface area contributed by atoms with Gasteiger partial charge in [-0.25, -0.2) is 78.6 Å². The van der Waals surface area contributed by atoms with Gasteiger partial charge in [-0.05, 0) is 248 Å². The quantitative estimate of drug-likeness (QED) is 0.0261. The van der Waals surface area contributed by atoms with Gasteiger partial charge in [0, 0.05) is 139 Å². The van der Waals surface area contributed by atoms with Crippen molar-refractivity contribution in [2.45, 2.75) is 70.9 Å². The Labute approximate surface area is 825 Å². The minimum absolute atomic E-state index is 0.0508. The molecule has 4 saturated heterocycles. The summed E-state index contributed by atoms with van der Waals surface area (Å²) in [5.41, 5.74) is 8.56. The number of carbonyl (C=O) groups excluding carboxylic acids is 4. The Morgan fingerprint density at radius 3 is 0.870 bits per heavy atom. The summed E-state index contributed by atoms with van der Waals surface area (Å²) < 4.78 is 191. The van der Waals surface area contributed by atoms with Gasteiger partial charge in [-0.1, -0.05) is 6.07 Å². The number of ether oxygens (including phenoxy) is 5. The van der Waals surface area contributed by atoms with Crippen molar-refractivity contribution in [3.8, 4) is 46.0 Å². The van der Waals surface area contributed by atoms with E-state index in [4.69, 9.17) is 33.7 Å². The second-order valence-electron chi connectivity index (χ2n) is 34.0. The number of nitrogens with zero attached hydrogens (tertiary/aromatic N) is 12. The van der Waals surface area contributed by atoms with Crippen LogP contribution < -0.4 is 61.5 Å². The highest BCUT2D eigenvalue weighted by Crippen LogP contribution is 2.38. The molecule has 12 aromatic carbocycles. The van der Waals surface area contributed by atoms with E-state index in [-0.39, 0.29) is 51.5 Å². The molecule has 0 radical (unpaired) electrons. The second kappa shape index (κ2) is 47.0. The summed E-state index contributed by atoms with van der Waals surface area (Å²) in [7, 11) is 0. The van der Waals surface area contributed by atoms with E-state index in [1.54, 1.807) is 104 Å². The largest absolute Gasteiger partial charge is 0.454 e. The predicted molar refractivity (Wildman–Crippen MR) is 525 cm³/mol. The van der Waals surface area contributed by atoms with Crippen LogP contribution in [-0.2, 0) is 37.1 Å². The molecule has 0 spiro atoms. The van der Waals surface area contributed by atoms with Crippen molar-refractivity contribution in [2.75, 3.05) is 108 Å². The standard InChI is InChI=1S/C27H22F5N5O3.C26H22F3N5O2.2C26H23F2N5O2/c28-21-4-1-16(11-20(21)27(30,31)32)35-26(38)36-17-2-5-22(29)25(12-17)40-19-3-6-23-24(13-19)34-18(14-33-23)15-37-7-9-39-10-8-37;27-20-6-3-16(11-22(20)29)32-26(35)33-17-4-7-21(28)25(12-17)36-19-5-8-23-24(13-19)31-18(14-30-23)15-34-9-1-2-10-34;27-17-3-5-18(6-4-17)31-26(34)32-19-7-9-22(28)25(13-19)35-21-8-10-23-24(14-21)30-20(15-29-23)16-33-11-1-2-12-33;27-17-4-3-5-18(12-17)31-26(34)32-19-6-8-22(28)25(13-19)35-21-7-9-23-24(14-21)30-20(15-29-23)16-33-10-1-2-11-33/h1-6,11-14H,7-10,15H2,(H2,35,36,38);3-8,11-14H,1-2,9-10,15H2,(H2,32,33,35);3-10,13-15H,1-2,11-12,16H2,(H2,31,32,34);3-9,12-15H,1-2,10-11,16H2,(H2,31,32,34). The van der Waals surface area contributed by atoms with Gasteiger partial charge in [-0.3, -0.25) is 39.5 Å². The molecule has 16 aromatic rings. The lowest BCUT2D eigenvalue weighted by Crippen LogP contribution is -2.35. The first-order valence-corrected chi connectivity index (χ1v) is 46.1. The monoisotopic (exact) mass is 2000 g/mol. The lowest BCUT2D eigenvalue weighted by molar-refractivity contribution is -0.139. The lowest BCUT2D eigenvalue weighted by atomic mass is 10.2. The van der Waals surface area contributed by atoms with Crippen LogP contribution >= 0.6 is 0 Å². The number of alkyl halides is 3. The number of likely N-dealkylation sites (tertiary alicyclic amines) is 3. The van der Waals surface area contributed by atoms with Gasteiger partial charge in [-0.15, -0.1) is 0 Å². The van der Waals surface area contributed by atoms with E-state index in [9.17, 15) is 71.9 Å². The van der Waals surface area contributed by atoms with Crippen LogP contribution in [0.5, 0.6) is 46.0 Å². The van der Waals surface area contributed by atoms with Gasteiger partial charge in [-0.2, -0.15) is 13.2 Å². The van der Waals surface area contributed by atoms with Crippen LogP contribution in [0.15, 0.2) is 255 Å². The second-order valence-corrected chi connectivity index (χ2v) is 34.0. The Hall–Kier alpha value is -16.8. The third-order valence-corrected chi connectivity index (χ3v) is 23.1. The molecule has 4 aliphatic heterocycles. The number of rotatable bonds is 24. The normalized spacial score (nSPS) is 13.8. The molecule has 0 atom stereocenters. The van der Waals surface area contributed by atoms with Crippen LogP contribution in [0.3, 0.4) is 0 Å². The molecule has 146 heavy (non-hydrogen) atoms. The first-order chi connectivity index (χ1) is 70.6. The van der Waals surface area contributed by atoms with Crippen molar-refractivity contribution in [1.82, 2.24) is 59.5 Å². The smallest absolute Gasteiger partial charge is 0.419 e. The van der Waals surface area contributed by atoms with Gasteiger partial charge in [0.1, 0.15) is 40.4 Å². The van der Waals surface area contributed by atoms with Crippen LogP contribution in [0.2, 0.25) is 0 Å². The average molecular weight is 2000 g/mol. The van der Waals surface area contributed by atoms with E-state index < -0.39 is 88.2 Å². The number of amides is 8. The fourth-order valence-corrected chi connectivity index (χ4v) is 16.0. The highest BCUT2D eigenvalue weighted by molar-refractivity contribution is 6.02. The van der Waals surface area contributed by atoms with Gasteiger partial charge in [0.25, 0.3) is 0 Å². The van der Waals surface area contributed by atoms with Crippen LogP contribution in [0.25, 0.3) is 44.1 Å². The Morgan fingerprint density at radius 1 is 0.274 bits per heavy atom. The maximum Gasteiger partial charge on any atom is 0.419 e. The van der Waals surface area contributed by atoms with Crippen molar-refractivity contribution in [3.63, 3.8) is 0 Å². The fraction of sp³-hybridized carbons (Fsp3) is 0.200. The predicted octanol–water partition coefficient (Wildman–Crippen LogP) is 24.2. The summed E-state index contributed by atoms with van der Waals surface area (Å²) in [6, 6.07) is 48.8. The van der Waals surface area contributed by atoms with E-state index in [1.807, 2.05) is 0 Å². The maximum atomic E-state index is 14.5. The average Bonchev–Trinajstić information content (AvgIpc) is 0.831. The number of benzene rings is 12. The van der Waals surface area contributed by atoms with Gasteiger partial charge >= 0.3 is 30.3 Å². The van der Waals surface area contributed by atoms with E-state index in [0.717, 1.165) is 131 Å². The molecular weight excluding hydrogens is 1910 g/mol. The molecule has 8 heterocycles. The molecule has 4 aromatic heterocycles. The molecule has 0 saturated carbocycles. The van der Waals surface area contributed by atoms with Crippen molar-refractivity contribution < 1.29 is 95.5 Å². The SMILES string of the molecule is O=C(Nc1ccc(F)c(F)c1)Nc1ccc(F)c(Oc2ccc3ncc(CN4CCCC4)nc3c2)c1.O=C(Nc1ccc(F)c(Oc2ccc3ncc(CN4CCOCC4)nc3c2)c1)Nc1ccc(F)c(C(F)(F)F)c1.O=C(Nc1ccc(F)cc1)Nc1ccc(F)c(Oc2ccc3ncc(CN4CCCC4)nc3c2)c1.O=C(Nc1cccc(F)c1)Nc1ccc(F)c(Oc2ccc3ncc(CN4CCCC4)nc3c2)c1. The van der Waals surface area contributed by atoms with Crippen LogP contribution in [0, 0.1) is 52.4 Å². The number of carbonyl (C=O) groups is 4. The van der Waals surface area contributed by atoms with Crippen LogP contribution in [-0.4, -0.2) is 149 Å². The van der Waals surface area contributed by atoms with E-state index in [2.05, 4.69) is 92.0 Å². The molecular formula is C105H90F12N20O9. The first kappa shape index (κ1) is 101. The molecule has 8 amide bonds.